The Morgan fingerprint density at radius 3 is 2.24 bits per heavy atom. The molecule has 0 saturated carbocycles. The van der Waals surface area contributed by atoms with Crippen LogP contribution >= 0.6 is 0 Å². The minimum atomic E-state index is 0.124. The number of benzene rings is 2. The fourth-order valence-electron chi connectivity index (χ4n) is 4.68. The van der Waals surface area contributed by atoms with Gasteiger partial charge < -0.3 is 9.80 Å². The Kier molecular flexibility index (Phi) is 7.94. The minimum Gasteiger partial charge on any atom is -0.353 e. The Morgan fingerprint density at radius 1 is 0.853 bits per heavy atom. The maximum absolute atomic E-state index is 13.1. The lowest BCUT2D eigenvalue weighted by Crippen LogP contribution is -2.49. The minimum absolute atomic E-state index is 0.124. The highest BCUT2D eigenvalue weighted by atomic mass is 16.2. The molecular weight excluding hydrogens is 420 g/mol. The summed E-state index contributed by atoms with van der Waals surface area (Å²) in [5, 5.41) is 0. The molecule has 178 valence electrons. The predicted octanol–water partition coefficient (Wildman–Crippen LogP) is 5.38. The second kappa shape index (κ2) is 11.3. The van der Waals surface area contributed by atoms with E-state index in [1.165, 1.54) is 36.0 Å². The van der Waals surface area contributed by atoms with Crippen LogP contribution in [-0.4, -0.2) is 47.0 Å². The lowest BCUT2D eigenvalue weighted by Gasteiger charge is -2.36. The molecule has 0 aliphatic carbocycles. The first-order valence-electron chi connectivity index (χ1n) is 12.6. The van der Waals surface area contributed by atoms with Gasteiger partial charge in [-0.25, -0.2) is 9.97 Å². The first-order chi connectivity index (χ1) is 16.5. The second-order valence-electron chi connectivity index (χ2n) is 9.25. The summed E-state index contributed by atoms with van der Waals surface area (Å²) >= 11 is 0. The molecule has 1 aromatic heterocycles. The number of carbonyl (C=O) groups excluding carboxylic acids is 1. The standard InChI is InChI=1S/C29H36N4O/c1-4-5-7-10-24-13-15-26(16-14-24)29(34)33-19-17-32(18-20-33)28-27(22(2)30-23(3)31-28)21-25-11-8-6-9-12-25/h6,8-9,11-16H,4-5,7,10,17-21H2,1-3H3. The van der Waals surface area contributed by atoms with Crippen LogP contribution in [0.4, 0.5) is 5.82 Å². The Hall–Kier alpha value is -3.21. The van der Waals surface area contributed by atoms with Gasteiger partial charge in [-0.3, -0.25) is 4.79 Å². The van der Waals surface area contributed by atoms with E-state index < -0.39 is 0 Å². The fourth-order valence-corrected chi connectivity index (χ4v) is 4.68. The van der Waals surface area contributed by atoms with Crippen LogP contribution in [0, 0.1) is 13.8 Å². The normalized spacial score (nSPS) is 13.9. The number of hydrogen-bond acceptors (Lipinski definition) is 4. The van der Waals surface area contributed by atoms with Gasteiger partial charge in [-0.15, -0.1) is 0 Å². The number of carbonyl (C=O) groups is 1. The number of hydrogen-bond donors (Lipinski definition) is 0. The Labute approximate surface area is 203 Å². The molecule has 5 heteroatoms. The maximum atomic E-state index is 13.1. The summed E-state index contributed by atoms with van der Waals surface area (Å²) < 4.78 is 0. The van der Waals surface area contributed by atoms with Gasteiger partial charge in [0.15, 0.2) is 0 Å². The third-order valence-corrected chi connectivity index (χ3v) is 6.66. The van der Waals surface area contributed by atoms with Crippen LogP contribution in [0.3, 0.4) is 0 Å². The van der Waals surface area contributed by atoms with Gasteiger partial charge >= 0.3 is 0 Å². The number of anilines is 1. The van der Waals surface area contributed by atoms with Crippen molar-refractivity contribution in [3.63, 3.8) is 0 Å². The molecule has 0 N–H and O–H groups in total. The largest absolute Gasteiger partial charge is 0.353 e. The zero-order valence-electron chi connectivity index (χ0n) is 20.8. The molecule has 2 heterocycles. The van der Waals surface area contributed by atoms with Crippen LogP contribution in [0.2, 0.25) is 0 Å². The van der Waals surface area contributed by atoms with Gasteiger partial charge in [0.25, 0.3) is 5.91 Å². The zero-order chi connectivity index (χ0) is 23.9. The van der Waals surface area contributed by atoms with Gasteiger partial charge in [0.05, 0.1) is 0 Å². The summed E-state index contributed by atoms with van der Waals surface area (Å²) in [6.45, 7) is 9.19. The first kappa shape index (κ1) is 23.9. The van der Waals surface area contributed by atoms with Crippen LogP contribution in [0.25, 0.3) is 0 Å². The van der Waals surface area contributed by atoms with Crippen LogP contribution in [0.15, 0.2) is 54.6 Å². The highest BCUT2D eigenvalue weighted by molar-refractivity contribution is 5.94. The summed E-state index contributed by atoms with van der Waals surface area (Å²) in [4.78, 5) is 26.9. The molecule has 1 aliphatic rings. The van der Waals surface area contributed by atoms with Crippen LogP contribution in [0.1, 0.15) is 64.8 Å². The number of aryl methyl sites for hydroxylation is 3. The van der Waals surface area contributed by atoms with Crippen molar-refractivity contribution >= 4 is 11.7 Å². The fraction of sp³-hybridized carbons (Fsp3) is 0.414. The van der Waals surface area contributed by atoms with Gasteiger partial charge in [0.1, 0.15) is 11.6 Å². The van der Waals surface area contributed by atoms with Crippen molar-refractivity contribution in [2.75, 3.05) is 31.1 Å². The van der Waals surface area contributed by atoms with E-state index in [9.17, 15) is 4.79 Å². The van der Waals surface area contributed by atoms with Crippen molar-refractivity contribution in [3.8, 4) is 0 Å². The summed E-state index contributed by atoms with van der Waals surface area (Å²) in [7, 11) is 0. The molecule has 4 rings (SSSR count). The zero-order valence-corrected chi connectivity index (χ0v) is 20.8. The van der Waals surface area contributed by atoms with Crippen molar-refractivity contribution in [1.82, 2.24) is 14.9 Å². The molecule has 1 saturated heterocycles. The molecule has 0 spiro atoms. The van der Waals surface area contributed by atoms with Crippen molar-refractivity contribution in [2.45, 2.75) is 52.9 Å². The van der Waals surface area contributed by atoms with Gasteiger partial charge in [-0.05, 0) is 49.9 Å². The van der Waals surface area contributed by atoms with Gasteiger partial charge in [0, 0.05) is 49.4 Å². The lowest BCUT2D eigenvalue weighted by molar-refractivity contribution is 0.0746. The number of aromatic nitrogens is 2. The monoisotopic (exact) mass is 456 g/mol. The Morgan fingerprint density at radius 2 is 1.56 bits per heavy atom. The summed E-state index contributed by atoms with van der Waals surface area (Å²) in [6, 6.07) is 18.7. The molecule has 3 aromatic rings. The van der Waals surface area contributed by atoms with E-state index in [1.54, 1.807) is 0 Å². The van der Waals surface area contributed by atoms with E-state index in [0.29, 0.717) is 13.1 Å². The molecule has 1 aliphatic heterocycles. The SMILES string of the molecule is CCCCCc1ccc(C(=O)N2CCN(c3nc(C)nc(C)c3Cc3ccccc3)CC2)cc1. The Bertz CT molecular complexity index is 1090. The van der Waals surface area contributed by atoms with Gasteiger partial charge in [-0.1, -0.05) is 62.2 Å². The van der Waals surface area contributed by atoms with E-state index in [2.05, 4.69) is 60.1 Å². The van der Waals surface area contributed by atoms with Crippen molar-refractivity contribution in [2.24, 2.45) is 0 Å². The van der Waals surface area contributed by atoms with Crippen LogP contribution in [0.5, 0.6) is 0 Å². The third-order valence-electron chi connectivity index (χ3n) is 6.66. The molecule has 1 amide bonds. The number of rotatable bonds is 8. The average molecular weight is 457 g/mol. The molecule has 0 radical (unpaired) electrons. The molecule has 0 atom stereocenters. The van der Waals surface area contributed by atoms with E-state index in [1.807, 2.05) is 30.0 Å². The van der Waals surface area contributed by atoms with E-state index in [4.69, 9.17) is 4.98 Å². The average Bonchev–Trinajstić information content (AvgIpc) is 2.86. The number of unbranched alkanes of at least 4 members (excludes halogenated alkanes) is 2. The molecule has 0 unspecified atom stereocenters. The van der Waals surface area contributed by atoms with Crippen molar-refractivity contribution in [1.29, 1.82) is 0 Å². The molecular formula is C29H36N4O. The highest BCUT2D eigenvalue weighted by Crippen LogP contribution is 2.25. The van der Waals surface area contributed by atoms with Crippen molar-refractivity contribution < 1.29 is 4.79 Å². The number of piperazine rings is 1. The molecule has 1 fully saturated rings. The summed E-state index contributed by atoms with van der Waals surface area (Å²) in [6.07, 6.45) is 5.59. The van der Waals surface area contributed by atoms with Crippen LogP contribution < -0.4 is 4.90 Å². The van der Waals surface area contributed by atoms with E-state index >= 15 is 0 Å². The summed E-state index contributed by atoms with van der Waals surface area (Å²) in [5.41, 5.74) is 5.56. The molecule has 5 nitrogen and oxygen atoms in total. The summed E-state index contributed by atoms with van der Waals surface area (Å²) in [5.74, 6) is 1.93. The smallest absolute Gasteiger partial charge is 0.253 e. The van der Waals surface area contributed by atoms with Gasteiger partial charge in [0.2, 0.25) is 0 Å². The first-order valence-corrected chi connectivity index (χ1v) is 12.6. The van der Waals surface area contributed by atoms with E-state index in [0.717, 1.165) is 48.8 Å². The Balaban J connectivity index is 1.42. The lowest BCUT2D eigenvalue weighted by atomic mass is 10.0. The third kappa shape index (κ3) is 5.82. The maximum Gasteiger partial charge on any atom is 0.253 e. The molecule has 2 aromatic carbocycles. The molecule has 0 bridgehead atoms. The predicted molar refractivity (Wildman–Crippen MR) is 139 cm³/mol. The quantitative estimate of drug-likeness (QED) is 0.427. The highest BCUT2D eigenvalue weighted by Gasteiger charge is 2.25. The number of nitrogens with zero attached hydrogens (tertiary/aromatic N) is 4. The van der Waals surface area contributed by atoms with E-state index in [-0.39, 0.29) is 5.91 Å². The van der Waals surface area contributed by atoms with Crippen molar-refractivity contribution in [3.05, 3.63) is 88.4 Å². The topological polar surface area (TPSA) is 49.3 Å². The van der Waals surface area contributed by atoms with Crippen LogP contribution in [-0.2, 0) is 12.8 Å². The number of amides is 1. The van der Waals surface area contributed by atoms with Gasteiger partial charge in [-0.2, -0.15) is 0 Å². The molecule has 34 heavy (non-hydrogen) atoms. The second-order valence-corrected chi connectivity index (χ2v) is 9.25.